The van der Waals surface area contributed by atoms with Crippen molar-refractivity contribution >= 4 is 5.91 Å². The average molecular weight is 280 g/mol. The van der Waals surface area contributed by atoms with Crippen molar-refractivity contribution in [1.29, 1.82) is 0 Å². The zero-order valence-corrected chi connectivity index (χ0v) is 12.7. The molecule has 4 heteroatoms. The quantitative estimate of drug-likeness (QED) is 0.597. The predicted molar refractivity (Wildman–Crippen MR) is 80.6 cm³/mol. The van der Waals surface area contributed by atoms with E-state index in [0.717, 1.165) is 19.5 Å². The summed E-state index contributed by atoms with van der Waals surface area (Å²) in [6.07, 6.45) is 11.8. The maximum absolute atomic E-state index is 11.9. The second kappa shape index (κ2) is 7.79. The Morgan fingerprint density at radius 1 is 1.40 bits per heavy atom. The number of piperidine rings is 1. The van der Waals surface area contributed by atoms with Gasteiger partial charge in [0.05, 0.1) is 6.54 Å². The van der Waals surface area contributed by atoms with E-state index in [-0.39, 0.29) is 5.91 Å². The van der Waals surface area contributed by atoms with Gasteiger partial charge in [-0.05, 0) is 50.5 Å². The molecule has 2 aliphatic rings. The van der Waals surface area contributed by atoms with Crippen molar-refractivity contribution in [2.75, 3.05) is 39.9 Å². The second-order valence-corrected chi connectivity index (χ2v) is 6.22. The molecule has 1 amide bonds. The number of hydrogen-bond donors (Lipinski definition) is 1. The molecule has 0 aromatic carbocycles. The van der Waals surface area contributed by atoms with Crippen molar-refractivity contribution in [1.82, 2.24) is 10.2 Å². The number of nitrogens with zero attached hydrogens (tertiary/aromatic N) is 1. The molecule has 114 valence electrons. The third-order valence-corrected chi connectivity index (χ3v) is 4.51. The molecule has 0 aromatic heterocycles. The van der Waals surface area contributed by atoms with Crippen LogP contribution in [0.1, 0.15) is 38.5 Å². The van der Waals surface area contributed by atoms with Crippen LogP contribution in [-0.4, -0.2) is 50.7 Å². The minimum atomic E-state index is 0.157. The van der Waals surface area contributed by atoms with Gasteiger partial charge in [-0.1, -0.05) is 12.2 Å². The van der Waals surface area contributed by atoms with Crippen molar-refractivity contribution in [2.24, 2.45) is 5.41 Å². The second-order valence-electron chi connectivity index (χ2n) is 6.22. The van der Waals surface area contributed by atoms with Crippen LogP contribution in [0, 0.1) is 5.41 Å². The number of carbonyl (C=O) groups excluding carboxylic acids is 1. The first kappa shape index (κ1) is 15.5. The maximum atomic E-state index is 11.9. The van der Waals surface area contributed by atoms with Gasteiger partial charge in [0.15, 0.2) is 0 Å². The number of amides is 1. The molecule has 0 saturated carbocycles. The number of likely N-dealkylation sites (tertiary alicyclic amines) is 1. The molecule has 1 spiro atoms. The smallest absolute Gasteiger partial charge is 0.234 e. The minimum Gasteiger partial charge on any atom is -0.385 e. The number of allylic oxidation sites excluding steroid dienone is 2. The fourth-order valence-corrected chi connectivity index (χ4v) is 3.46. The highest BCUT2D eigenvalue weighted by atomic mass is 16.5. The fourth-order valence-electron chi connectivity index (χ4n) is 3.46. The van der Waals surface area contributed by atoms with E-state index in [1.54, 1.807) is 7.11 Å². The van der Waals surface area contributed by atoms with Crippen molar-refractivity contribution in [2.45, 2.75) is 38.5 Å². The Hall–Kier alpha value is -0.870. The van der Waals surface area contributed by atoms with Gasteiger partial charge in [-0.25, -0.2) is 0 Å². The lowest BCUT2D eigenvalue weighted by Gasteiger charge is -2.43. The molecule has 1 heterocycles. The van der Waals surface area contributed by atoms with E-state index >= 15 is 0 Å². The zero-order valence-electron chi connectivity index (χ0n) is 12.7. The van der Waals surface area contributed by atoms with E-state index in [1.807, 2.05) is 0 Å². The summed E-state index contributed by atoms with van der Waals surface area (Å²) < 4.78 is 4.98. The molecular weight excluding hydrogens is 252 g/mol. The largest absolute Gasteiger partial charge is 0.385 e. The maximum Gasteiger partial charge on any atom is 0.234 e. The van der Waals surface area contributed by atoms with Crippen LogP contribution in [-0.2, 0) is 9.53 Å². The van der Waals surface area contributed by atoms with E-state index in [1.165, 1.54) is 32.1 Å². The van der Waals surface area contributed by atoms with Gasteiger partial charge in [-0.3, -0.25) is 9.69 Å². The highest BCUT2D eigenvalue weighted by molar-refractivity contribution is 5.77. The molecule has 1 fully saturated rings. The number of carbonyl (C=O) groups is 1. The highest BCUT2D eigenvalue weighted by Gasteiger charge is 2.35. The Labute approximate surface area is 122 Å². The molecule has 1 atom stereocenters. The summed E-state index contributed by atoms with van der Waals surface area (Å²) >= 11 is 0. The molecule has 2 rings (SSSR count). The SMILES string of the molecule is COCCCNC(=O)CN1CCC[C@@]2(CC=CCC2)C1. The third kappa shape index (κ3) is 4.60. The van der Waals surface area contributed by atoms with Crippen molar-refractivity contribution < 1.29 is 9.53 Å². The Morgan fingerprint density at radius 2 is 2.30 bits per heavy atom. The van der Waals surface area contributed by atoms with Gasteiger partial charge in [0.2, 0.25) is 5.91 Å². The lowest BCUT2D eigenvalue weighted by Crippen LogP contribution is -2.47. The molecule has 1 N–H and O–H groups in total. The standard InChI is InChI=1S/C16H28N2O2/c1-20-12-6-10-17-15(19)13-18-11-5-9-16(14-18)7-3-2-4-8-16/h2-3H,4-14H2,1H3,(H,17,19)/t16-/m0/s1. The topological polar surface area (TPSA) is 41.6 Å². The molecule has 20 heavy (non-hydrogen) atoms. The van der Waals surface area contributed by atoms with E-state index in [9.17, 15) is 4.79 Å². The molecule has 0 unspecified atom stereocenters. The molecule has 1 aliphatic heterocycles. The number of hydrogen-bond acceptors (Lipinski definition) is 3. The first-order chi connectivity index (χ1) is 9.74. The first-order valence-electron chi connectivity index (χ1n) is 7.87. The van der Waals surface area contributed by atoms with Crippen LogP contribution in [0.2, 0.25) is 0 Å². The van der Waals surface area contributed by atoms with Crippen LogP contribution < -0.4 is 5.32 Å². The van der Waals surface area contributed by atoms with Crippen LogP contribution >= 0.6 is 0 Å². The van der Waals surface area contributed by atoms with E-state index in [2.05, 4.69) is 22.4 Å². The summed E-state index contributed by atoms with van der Waals surface area (Å²) in [6, 6.07) is 0. The molecule has 4 nitrogen and oxygen atoms in total. The number of methoxy groups -OCH3 is 1. The predicted octanol–water partition coefficient (Wildman–Crippen LogP) is 1.96. The van der Waals surface area contributed by atoms with E-state index in [0.29, 0.717) is 25.1 Å². The van der Waals surface area contributed by atoms with Gasteiger partial charge >= 0.3 is 0 Å². The monoisotopic (exact) mass is 280 g/mol. The Balaban J connectivity index is 1.72. The summed E-state index contributed by atoms with van der Waals surface area (Å²) in [7, 11) is 1.69. The lowest BCUT2D eigenvalue weighted by molar-refractivity contribution is -0.123. The van der Waals surface area contributed by atoms with Gasteiger partial charge in [0, 0.05) is 26.8 Å². The van der Waals surface area contributed by atoms with Crippen LogP contribution in [0.5, 0.6) is 0 Å². The van der Waals surface area contributed by atoms with E-state index < -0.39 is 0 Å². The van der Waals surface area contributed by atoms with Crippen molar-refractivity contribution in [3.63, 3.8) is 0 Å². The van der Waals surface area contributed by atoms with Gasteiger partial charge in [-0.15, -0.1) is 0 Å². The molecule has 0 radical (unpaired) electrons. The highest BCUT2D eigenvalue weighted by Crippen LogP contribution is 2.40. The molecule has 0 aromatic rings. The van der Waals surface area contributed by atoms with Crippen LogP contribution in [0.3, 0.4) is 0 Å². The summed E-state index contributed by atoms with van der Waals surface area (Å²) in [5.74, 6) is 0.157. The van der Waals surface area contributed by atoms with Crippen molar-refractivity contribution in [3.8, 4) is 0 Å². The first-order valence-corrected chi connectivity index (χ1v) is 7.87. The summed E-state index contributed by atoms with van der Waals surface area (Å²) in [4.78, 5) is 14.3. The summed E-state index contributed by atoms with van der Waals surface area (Å²) in [6.45, 7) is 4.13. The fraction of sp³-hybridized carbons (Fsp3) is 0.812. The third-order valence-electron chi connectivity index (χ3n) is 4.51. The van der Waals surface area contributed by atoms with Gasteiger partial charge in [-0.2, -0.15) is 0 Å². The lowest BCUT2D eigenvalue weighted by atomic mass is 9.71. The zero-order chi connectivity index (χ0) is 14.3. The Kier molecular flexibility index (Phi) is 6.05. The average Bonchev–Trinajstić information content (AvgIpc) is 2.44. The number of nitrogens with one attached hydrogen (secondary N) is 1. The Morgan fingerprint density at radius 3 is 3.05 bits per heavy atom. The number of ether oxygens (including phenoxy) is 1. The molecule has 0 bridgehead atoms. The van der Waals surface area contributed by atoms with Crippen LogP contribution in [0.25, 0.3) is 0 Å². The summed E-state index contributed by atoms with van der Waals surface area (Å²) in [5.41, 5.74) is 0.448. The Bertz CT molecular complexity index is 343. The minimum absolute atomic E-state index is 0.157. The van der Waals surface area contributed by atoms with Gasteiger partial charge < -0.3 is 10.1 Å². The molecular formula is C16H28N2O2. The normalized spacial score (nSPS) is 26.9. The van der Waals surface area contributed by atoms with Crippen LogP contribution in [0.15, 0.2) is 12.2 Å². The molecule has 1 saturated heterocycles. The van der Waals surface area contributed by atoms with Crippen molar-refractivity contribution in [3.05, 3.63) is 12.2 Å². The van der Waals surface area contributed by atoms with Crippen LogP contribution in [0.4, 0.5) is 0 Å². The molecule has 1 aliphatic carbocycles. The van der Waals surface area contributed by atoms with Gasteiger partial charge in [0.1, 0.15) is 0 Å². The van der Waals surface area contributed by atoms with E-state index in [4.69, 9.17) is 4.74 Å². The number of rotatable bonds is 6. The van der Waals surface area contributed by atoms with Gasteiger partial charge in [0.25, 0.3) is 0 Å². The summed E-state index contributed by atoms with van der Waals surface area (Å²) in [5, 5.41) is 2.98.